The monoisotopic (exact) mass is 392 g/mol. The van der Waals surface area contributed by atoms with Crippen LogP contribution in [0.1, 0.15) is 48.5 Å². The first-order valence-corrected chi connectivity index (χ1v) is 9.66. The molecule has 1 saturated carbocycles. The van der Waals surface area contributed by atoms with Crippen molar-refractivity contribution in [3.63, 3.8) is 0 Å². The molecule has 2 N–H and O–H groups in total. The average Bonchev–Trinajstić information content (AvgIpc) is 3.19. The van der Waals surface area contributed by atoms with Crippen molar-refractivity contribution in [1.82, 2.24) is 5.32 Å². The number of hydrogen-bond acceptors (Lipinski definition) is 4. The molecule has 3 rings (SSSR count). The predicted octanol–water partition coefficient (Wildman–Crippen LogP) is 3.98. The van der Waals surface area contributed by atoms with Gasteiger partial charge in [-0.2, -0.15) is 0 Å². The maximum Gasteiger partial charge on any atom is 0.308 e. The summed E-state index contributed by atoms with van der Waals surface area (Å²) < 4.78 is 5.01. The second-order valence-electron chi connectivity index (χ2n) is 6.96. The van der Waals surface area contributed by atoms with E-state index < -0.39 is 5.97 Å². The number of rotatable bonds is 6. The molecule has 29 heavy (non-hydrogen) atoms. The van der Waals surface area contributed by atoms with Gasteiger partial charge in [-0.05, 0) is 55.5 Å². The largest absolute Gasteiger partial charge is 0.427 e. The third kappa shape index (κ3) is 6.04. The van der Waals surface area contributed by atoms with Crippen molar-refractivity contribution in [2.75, 3.05) is 5.32 Å². The minimum absolute atomic E-state index is 0.144. The second-order valence-corrected chi connectivity index (χ2v) is 6.96. The van der Waals surface area contributed by atoms with Crippen molar-refractivity contribution in [3.05, 3.63) is 71.3 Å². The van der Waals surface area contributed by atoms with Crippen LogP contribution in [-0.4, -0.2) is 17.8 Å². The van der Waals surface area contributed by atoms with Crippen LogP contribution in [0, 0.1) is 0 Å². The molecule has 1 aliphatic carbocycles. The zero-order valence-electron chi connectivity index (χ0n) is 16.4. The minimum atomic E-state index is -0.445. The summed E-state index contributed by atoms with van der Waals surface area (Å²) in [5.41, 5.74) is 3.04. The summed E-state index contributed by atoms with van der Waals surface area (Å²) in [6.45, 7) is 1.56. The summed E-state index contributed by atoms with van der Waals surface area (Å²) >= 11 is 0. The Balaban J connectivity index is 1.63. The van der Waals surface area contributed by atoms with Gasteiger partial charge in [0.1, 0.15) is 5.75 Å². The summed E-state index contributed by atoms with van der Waals surface area (Å²) in [7, 11) is 0. The molecule has 150 valence electrons. The van der Waals surface area contributed by atoms with E-state index in [-0.39, 0.29) is 18.4 Å². The number of carbonyl (C=O) groups excluding carboxylic acids is 3. The Hall–Kier alpha value is -3.41. The van der Waals surface area contributed by atoms with Gasteiger partial charge in [0.15, 0.2) is 0 Å². The maximum absolute atomic E-state index is 12.5. The van der Waals surface area contributed by atoms with Crippen LogP contribution in [0.4, 0.5) is 5.69 Å². The Morgan fingerprint density at radius 3 is 2.55 bits per heavy atom. The topological polar surface area (TPSA) is 84.5 Å². The van der Waals surface area contributed by atoms with E-state index in [1.807, 2.05) is 24.3 Å². The third-order valence-corrected chi connectivity index (χ3v) is 4.65. The zero-order valence-corrected chi connectivity index (χ0v) is 16.4. The van der Waals surface area contributed by atoms with Crippen LogP contribution in [0.5, 0.6) is 5.75 Å². The fourth-order valence-electron chi connectivity index (χ4n) is 3.27. The Labute approximate surface area is 170 Å². The third-order valence-electron chi connectivity index (χ3n) is 4.65. The summed E-state index contributed by atoms with van der Waals surface area (Å²) in [5.74, 6) is -0.569. The molecule has 0 radical (unpaired) electrons. The molecule has 0 aliphatic heterocycles. The van der Waals surface area contributed by atoms with E-state index in [4.69, 9.17) is 4.74 Å². The highest BCUT2D eigenvalue weighted by Gasteiger charge is 2.12. The highest BCUT2D eigenvalue weighted by molar-refractivity contribution is 6.00. The molecule has 2 amide bonds. The van der Waals surface area contributed by atoms with Crippen molar-refractivity contribution >= 4 is 23.5 Å². The second kappa shape index (κ2) is 9.68. The molecule has 6 nitrogen and oxygen atoms in total. The number of nitrogens with one attached hydrogen (secondary N) is 2. The highest BCUT2D eigenvalue weighted by Crippen LogP contribution is 2.24. The van der Waals surface area contributed by atoms with Gasteiger partial charge in [0.05, 0.1) is 0 Å². The van der Waals surface area contributed by atoms with Crippen LogP contribution < -0.4 is 15.4 Å². The van der Waals surface area contributed by atoms with E-state index in [0.717, 1.165) is 31.2 Å². The molecule has 1 fully saturated rings. The summed E-state index contributed by atoms with van der Waals surface area (Å²) in [4.78, 5) is 35.8. The van der Waals surface area contributed by atoms with Crippen LogP contribution >= 0.6 is 0 Å². The van der Waals surface area contributed by atoms with E-state index in [9.17, 15) is 14.4 Å². The van der Waals surface area contributed by atoms with Crippen molar-refractivity contribution in [3.8, 4) is 5.75 Å². The van der Waals surface area contributed by atoms with E-state index in [1.165, 1.54) is 18.6 Å². The number of benzene rings is 2. The Morgan fingerprint density at radius 1 is 1.03 bits per heavy atom. The van der Waals surface area contributed by atoms with Crippen molar-refractivity contribution < 1.29 is 19.1 Å². The molecule has 1 aliphatic rings. The summed E-state index contributed by atoms with van der Waals surface area (Å²) in [5, 5.41) is 5.74. The quantitative estimate of drug-likeness (QED) is 0.442. The SMILES string of the molecule is CC(=O)Oc1cccc(C(=O)NCc2ccccc2NC(=O)C=C2CCCC2)c1. The molecule has 0 atom stereocenters. The fraction of sp³-hybridized carbons (Fsp3) is 0.261. The van der Waals surface area contributed by atoms with E-state index in [1.54, 1.807) is 24.3 Å². The van der Waals surface area contributed by atoms with Crippen LogP contribution in [0.3, 0.4) is 0 Å². The molecule has 6 heteroatoms. The van der Waals surface area contributed by atoms with Gasteiger partial charge in [0, 0.05) is 30.8 Å². The number of esters is 1. The first-order chi connectivity index (χ1) is 14.0. The van der Waals surface area contributed by atoms with Crippen LogP contribution in [0.25, 0.3) is 0 Å². The lowest BCUT2D eigenvalue weighted by Gasteiger charge is -2.12. The standard InChI is InChI=1S/C23H24N2O4/c1-16(26)29-20-11-6-10-18(14-20)23(28)24-15-19-9-4-5-12-21(19)25-22(27)13-17-7-2-3-8-17/h4-6,9-14H,2-3,7-8,15H2,1H3,(H,24,28)(H,25,27). The van der Waals surface area contributed by atoms with Crippen molar-refractivity contribution in [2.24, 2.45) is 0 Å². The lowest BCUT2D eigenvalue weighted by Crippen LogP contribution is -2.23. The van der Waals surface area contributed by atoms with E-state index in [0.29, 0.717) is 17.0 Å². The lowest BCUT2D eigenvalue weighted by molar-refractivity contribution is -0.131. The van der Waals surface area contributed by atoms with E-state index >= 15 is 0 Å². The first-order valence-electron chi connectivity index (χ1n) is 9.66. The molecule has 2 aromatic carbocycles. The van der Waals surface area contributed by atoms with Gasteiger partial charge in [-0.25, -0.2) is 0 Å². The molecule has 0 unspecified atom stereocenters. The first kappa shape index (κ1) is 20.3. The number of allylic oxidation sites excluding steroid dienone is 1. The highest BCUT2D eigenvalue weighted by atomic mass is 16.5. The Kier molecular flexibility index (Phi) is 6.79. The van der Waals surface area contributed by atoms with Gasteiger partial charge in [0.25, 0.3) is 5.91 Å². The molecule has 0 heterocycles. The van der Waals surface area contributed by atoms with Crippen molar-refractivity contribution in [1.29, 1.82) is 0 Å². The summed E-state index contributed by atoms with van der Waals surface area (Å²) in [6, 6.07) is 13.8. The van der Waals surface area contributed by atoms with Gasteiger partial charge in [0.2, 0.25) is 5.91 Å². The fourth-order valence-corrected chi connectivity index (χ4v) is 3.27. The molecule has 0 bridgehead atoms. The van der Waals surface area contributed by atoms with Gasteiger partial charge in [-0.1, -0.05) is 29.8 Å². The molecule has 0 spiro atoms. The Morgan fingerprint density at radius 2 is 1.79 bits per heavy atom. The van der Waals surface area contributed by atoms with Gasteiger partial charge < -0.3 is 15.4 Å². The van der Waals surface area contributed by atoms with Crippen LogP contribution in [0.15, 0.2) is 60.2 Å². The van der Waals surface area contributed by atoms with Crippen LogP contribution in [0.2, 0.25) is 0 Å². The smallest absolute Gasteiger partial charge is 0.308 e. The van der Waals surface area contributed by atoms with Gasteiger partial charge >= 0.3 is 5.97 Å². The number of anilines is 1. The lowest BCUT2D eigenvalue weighted by atomic mass is 10.1. The van der Waals surface area contributed by atoms with Crippen molar-refractivity contribution in [2.45, 2.75) is 39.2 Å². The summed E-state index contributed by atoms with van der Waals surface area (Å²) in [6.07, 6.45) is 5.93. The number of carbonyl (C=O) groups is 3. The average molecular weight is 392 g/mol. The Bertz CT molecular complexity index is 941. The predicted molar refractivity (Wildman–Crippen MR) is 111 cm³/mol. The number of para-hydroxylation sites is 1. The van der Waals surface area contributed by atoms with Crippen LogP contribution in [-0.2, 0) is 16.1 Å². The number of hydrogen-bond donors (Lipinski definition) is 2. The minimum Gasteiger partial charge on any atom is -0.427 e. The van der Waals surface area contributed by atoms with E-state index in [2.05, 4.69) is 10.6 Å². The normalized spacial score (nSPS) is 12.9. The molecular formula is C23H24N2O4. The molecular weight excluding hydrogens is 368 g/mol. The number of amides is 2. The molecule has 0 saturated heterocycles. The van der Waals surface area contributed by atoms with Gasteiger partial charge in [-0.3, -0.25) is 14.4 Å². The molecule has 2 aromatic rings. The number of ether oxygens (including phenoxy) is 1. The zero-order chi connectivity index (χ0) is 20.6. The van der Waals surface area contributed by atoms with Gasteiger partial charge in [-0.15, -0.1) is 0 Å². The molecule has 0 aromatic heterocycles. The maximum atomic E-state index is 12.5.